The molecule has 0 aromatic heterocycles. The molecule has 2 saturated carbocycles. The summed E-state index contributed by atoms with van der Waals surface area (Å²) in [6, 6.07) is 0. The molecular formula is C16H27NaO3. The second-order valence-electron chi connectivity index (χ2n) is 7.93. The molecule has 0 radical (unpaired) electrons. The number of aliphatic hydroxyl groups is 1. The second kappa shape index (κ2) is 5.91. The van der Waals surface area contributed by atoms with Gasteiger partial charge in [-0.3, -0.25) is 0 Å². The molecule has 0 saturated heterocycles. The largest absolute Gasteiger partial charge is 1.00 e. The Morgan fingerprint density at radius 1 is 1.20 bits per heavy atom. The van der Waals surface area contributed by atoms with E-state index in [-0.39, 0.29) is 52.7 Å². The van der Waals surface area contributed by atoms with Crippen LogP contribution >= 0.6 is 0 Å². The Labute approximate surface area is 144 Å². The summed E-state index contributed by atoms with van der Waals surface area (Å²) in [6.45, 7) is 8.60. The smallest absolute Gasteiger partial charge is 0.550 e. The van der Waals surface area contributed by atoms with Crippen molar-refractivity contribution in [3.8, 4) is 0 Å². The number of carboxylic acid groups (broad SMARTS) is 1. The summed E-state index contributed by atoms with van der Waals surface area (Å²) in [4.78, 5) is 11.1. The Morgan fingerprint density at radius 2 is 1.80 bits per heavy atom. The summed E-state index contributed by atoms with van der Waals surface area (Å²) in [5, 5.41) is 21.8. The Morgan fingerprint density at radius 3 is 2.35 bits per heavy atom. The maximum atomic E-state index is 11.1. The van der Waals surface area contributed by atoms with E-state index in [0.29, 0.717) is 12.3 Å². The van der Waals surface area contributed by atoms with Gasteiger partial charge in [0, 0.05) is 5.97 Å². The van der Waals surface area contributed by atoms with Gasteiger partial charge in [0.25, 0.3) is 0 Å². The average molecular weight is 290 g/mol. The van der Waals surface area contributed by atoms with Crippen molar-refractivity contribution in [2.75, 3.05) is 0 Å². The van der Waals surface area contributed by atoms with Crippen molar-refractivity contribution >= 4 is 5.97 Å². The molecule has 4 atom stereocenters. The first-order valence-corrected chi connectivity index (χ1v) is 7.52. The summed E-state index contributed by atoms with van der Waals surface area (Å²) in [7, 11) is 0. The van der Waals surface area contributed by atoms with E-state index in [2.05, 4.69) is 20.8 Å². The van der Waals surface area contributed by atoms with Crippen molar-refractivity contribution in [2.45, 2.75) is 71.8 Å². The number of hydrogen-bond acceptors (Lipinski definition) is 3. The fraction of sp³-hybridized carbons (Fsp3) is 0.938. The molecule has 0 spiro atoms. The van der Waals surface area contributed by atoms with Crippen molar-refractivity contribution in [3.05, 3.63) is 0 Å². The molecule has 3 nitrogen and oxygen atoms in total. The molecule has 0 heterocycles. The fourth-order valence-corrected chi connectivity index (χ4v) is 5.24. The van der Waals surface area contributed by atoms with Crippen LogP contribution in [0.5, 0.6) is 0 Å². The Hall–Kier alpha value is 0.430. The number of carbonyl (C=O) groups is 1. The van der Waals surface area contributed by atoms with Gasteiger partial charge in [-0.1, -0.05) is 27.2 Å². The quantitative estimate of drug-likeness (QED) is 0.672. The molecule has 0 bridgehead atoms. The molecule has 0 aliphatic heterocycles. The van der Waals surface area contributed by atoms with Crippen molar-refractivity contribution in [3.63, 3.8) is 0 Å². The topological polar surface area (TPSA) is 60.4 Å². The van der Waals surface area contributed by atoms with Gasteiger partial charge in [0.2, 0.25) is 0 Å². The summed E-state index contributed by atoms with van der Waals surface area (Å²) in [5.74, 6) is -0.725. The van der Waals surface area contributed by atoms with Gasteiger partial charge >= 0.3 is 29.6 Å². The standard InChI is InChI=1S/C16H28O3.Na/c1-14(2)7-5-8-15(3)11(14)6-9-16(4,19)12(15)10-13(17)18;/h11-12,19H,5-10H2,1-4H3,(H,17,18);/q;+1/p-1/t11?,12-,15+,16-;/m0./s1. The van der Waals surface area contributed by atoms with Crippen molar-refractivity contribution in [2.24, 2.45) is 22.7 Å². The van der Waals surface area contributed by atoms with Gasteiger partial charge < -0.3 is 15.0 Å². The molecular weight excluding hydrogens is 263 g/mol. The van der Waals surface area contributed by atoms with E-state index in [1.807, 2.05) is 6.92 Å². The number of hydrogen-bond donors (Lipinski definition) is 1. The SMILES string of the molecule is CC1(C)CCC[C@]2(C)C1CC[C@](C)(O)[C@H]2CC(=O)[O-].[Na+]. The maximum Gasteiger partial charge on any atom is 1.00 e. The molecule has 1 unspecified atom stereocenters. The first-order valence-electron chi connectivity index (χ1n) is 7.52. The van der Waals surface area contributed by atoms with E-state index < -0.39 is 11.6 Å². The molecule has 0 aromatic carbocycles. The second-order valence-corrected chi connectivity index (χ2v) is 7.93. The minimum Gasteiger partial charge on any atom is -0.550 e. The third-order valence-electron chi connectivity index (χ3n) is 6.13. The third-order valence-corrected chi connectivity index (χ3v) is 6.13. The van der Waals surface area contributed by atoms with Crippen molar-refractivity contribution in [1.29, 1.82) is 0 Å². The van der Waals surface area contributed by atoms with Crippen LogP contribution in [0.25, 0.3) is 0 Å². The van der Waals surface area contributed by atoms with Gasteiger partial charge in [0.05, 0.1) is 5.60 Å². The maximum absolute atomic E-state index is 11.1. The van der Waals surface area contributed by atoms with Crippen LogP contribution in [-0.4, -0.2) is 16.7 Å². The number of fused-ring (bicyclic) bond motifs is 1. The molecule has 1 N–H and O–H groups in total. The predicted molar refractivity (Wildman–Crippen MR) is 72.2 cm³/mol. The number of aliphatic carboxylic acids is 1. The summed E-state index contributed by atoms with van der Waals surface area (Å²) in [6.07, 6.45) is 5.03. The molecule has 2 aliphatic rings. The summed E-state index contributed by atoms with van der Waals surface area (Å²) >= 11 is 0. The number of rotatable bonds is 2. The predicted octanol–water partition coefficient (Wildman–Crippen LogP) is -0.876. The van der Waals surface area contributed by atoms with Gasteiger partial charge in [-0.25, -0.2) is 0 Å². The van der Waals surface area contributed by atoms with Crippen LogP contribution in [0.1, 0.15) is 66.2 Å². The minimum atomic E-state index is -1.03. The number of carbonyl (C=O) groups excluding carboxylic acids is 1. The van der Waals surface area contributed by atoms with Crippen LogP contribution in [0, 0.1) is 22.7 Å². The third kappa shape index (κ3) is 3.11. The minimum absolute atomic E-state index is 0. The number of carboxylic acids is 1. The van der Waals surface area contributed by atoms with Crippen LogP contribution in [0.4, 0.5) is 0 Å². The van der Waals surface area contributed by atoms with Crippen LogP contribution < -0.4 is 34.7 Å². The Kier molecular flexibility index (Phi) is 5.46. The van der Waals surface area contributed by atoms with Crippen LogP contribution in [-0.2, 0) is 4.79 Å². The van der Waals surface area contributed by atoms with Gasteiger partial charge in [-0.05, 0) is 61.7 Å². The van der Waals surface area contributed by atoms with Gasteiger partial charge in [0.15, 0.2) is 0 Å². The molecule has 110 valence electrons. The Balaban J connectivity index is 0.00000200. The first kappa shape index (κ1) is 18.5. The van der Waals surface area contributed by atoms with Gasteiger partial charge in [-0.15, -0.1) is 0 Å². The van der Waals surface area contributed by atoms with E-state index in [9.17, 15) is 15.0 Å². The molecule has 0 aromatic rings. The molecule has 2 fully saturated rings. The molecule has 2 aliphatic carbocycles. The van der Waals surface area contributed by atoms with Crippen molar-refractivity contribution < 1.29 is 44.6 Å². The van der Waals surface area contributed by atoms with Crippen LogP contribution in [0.3, 0.4) is 0 Å². The van der Waals surface area contributed by atoms with E-state index >= 15 is 0 Å². The molecule has 0 amide bonds. The molecule has 4 heteroatoms. The zero-order valence-corrected chi connectivity index (χ0v) is 15.7. The van der Waals surface area contributed by atoms with Crippen LogP contribution in [0.2, 0.25) is 0 Å². The monoisotopic (exact) mass is 290 g/mol. The average Bonchev–Trinajstić information content (AvgIpc) is 2.22. The van der Waals surface area contributed by atoms with Gasteiger partial charge in [0.1, 0.15) is 0 Å². The molecule has 20 heavy (non-hydrogen) atoms. The molecule has 2 rings (SSSR count). The summed E-state index contributed by atoms with van der Waals surface area (Å²) in [5.41, 5.74) is -0.712. The zero-order chi connectivity index (χ0) is 14.5. The zero-order valence-electron chi connectivity index (χ0n) is 13.7. The van der Waals surface area contributed by atoms with Crippen LogP contribution in [0.15, 0.2) is 0 Å². The van der Waals surface area contributed by atoms with Gasteiger partial charge in [-0.2, -0.15) is 0 Å². The van der Waals surface area contributed by atoms with E-state index in [1.165, 1.54) is 6.42 Å². The Bertz CT molecular complexity index is 378. The fourth-order valence-electron chi connectivity index (χ4n) is 5.24. The summed E-state index contributed by atoms with van der Waals surface area (Å²) < 4.78 is 0. The van der Waals surface area contributed by atoms with E-state index in [1.54, 1.807) is 0 Å². The normalized spacial score (nSPS) is 43.2. The first-order chi connectivity index (χ1) is 8.59. The van der Waals surface area contributed by atoms with Crippen molar-refractivity contribution in [1.82, 2.24) is 0 Å². The van der Waals surface area contributed by atoms with E-state index in [4.69, 9.17) is 0 Å². The van der Waals surface area contributed by atoms with E-state index in [0.717, 1.165) is 19.3 Å².